The van der Waals surface area contributed by atoms with Gasteiger partial charge in [-0.2, -0.15) is 5.26 Å². The molecule has 3 aromatic rings. The molecule has 0 bridgehead atoms. The molecule has 1 amide bonds. The molecule has 1 N–H and O–H groups in total. The number of methoxy groups -OCH3 is 2. The van der Waals surface area contributed by atoms with Crippen molar-refractivity contribution < 1.29 is 33.3 Å². The Hall–Kier alpha value is -4.37. The molecule has 0 unspecified atom stereocenters. The number of hydrogen-bond donors (Lipinski definition) is 1. The van der Waals surface area contributed by atoms with E-state index in [1.807, 2.05) is 28.7 Å². The van der Waals surface area contributed by atoms with Crippen LogP contribution < -0.4 is 19.5 Å². The van der Waals surface area contributed by atoms with E-state index < -0.39 is 17.8 Å². The molecule has 0 atom stereocenters. The Morgan fingerprint density at radius 2 is 1.58 bits per heavy atom. The van der Waals surface area contributed by atoms with Gasteiger partial charge in [0.25, 0.3) is 5.91 Å². The molecule has 10 heteroatoms. The number of nitriles is 1. The predicted octanol–water partition coefficient (Wildman–Crippen LogP) is 5.25. The number of anilines is 1. The van der Waals surface area contributed by atoms with Crippen molar-refractivity contribution in [1.82, 2.24) is 0 Å². The Bertz CT molecular complexity index is 1410. The Balaban J connectivity index is 1.79. The predicted molar refractivity (Wildman–Crippen MR) is 148 cm³/mol. The van der Waals surface area contributed by atoms with Crippen molar-refractivity contribution in [2.24, 2.45) is 0 Å². The molecule has 0 aliphatic carbocycles. The summed E-state index contributed by atoms with van der Waals surface area (Å²) in [6.07, 6.45) is 1.39. The van der Waals surface area contributed by atoms with Crippen molar-refractivity contribution in [1.29, 1.82) is 5.26 Å². The molecule has 0 saturated heterocycles. The Morgan fingerprint density at radius 1 is 0.947 bits per heavy atom. The largest absolute Gasteiger partial charge is 0.497 e. The molecule has 3 rings (SSSR count). The van der Waals surface area contributed by atoms with Crippen molar-refractivity contribution in [3.8, 4) is 23.3 Å². The summed E-state index contributed by atoms with van der Waals surface area (Å²) in [6, 6.07) is 17.7. The Labute approximate surface area is 233 Å². The lowest BCUT2D eigenvalue weighted by molar-refractivity contribution is -0.112. The number of nitrogens with zero attached hydrogens (tertiary/aromatic N) is 1. The van der Waals surface area contributed by atoms with E-state index in [-0.39, 0.29) is 23.7 Å². The number of nitrogens with one attached hydrogen (secondary N) is 1. The maximum Gasteiger partial charge on any atom is 0.343 e. The van der Waals surface area contributed by atoms with Crippen LogP contribution in [0.5, 0.6) is 17.2 Å². The first kappa shape index (κ1) is 28.2. The van der Waals surface area contributed by atoms with Crippen molar-refractivity contribution in [3.05, 3.63) is 86.5 Å². The number of hydrogen-bond acceptors (Lipinski definition) is 8. The van der Waals surface area contributed by atoms with E-state index >= 15 is 0 Å². The lowest BCUT2D eigenvalue weighted by Gasteiger charge is -2.13. The third-order valence-electron chi connectivity index (χ3n) is 5.10. The summed E-state index contributed by atoms with van der Waals surface area (Å²) >= 11 is 1.98. The van der Waals surface area contributed by atoms with Crippen molar-refractivity contribution in [2.45, 2.75) is 6.92 Å². The Kier molecular flexibility index (Phi) is 9.84. The van der Waals surface area contributed by atoms with Crippen LogP contribution in [0.15, 0.2) is 66.2 Å². The van der Waals surface area contributed by atoms with Crippen LogP contribution >= 0.6 is 22.6 Å². The molecule has 3 aromatic carbocycles. The minimum Gasteiger partial charge on any atom is -0.497 e. The molecular weight excluding hydrogens is 603 g/mol. The molecule has 0 saturated carbocycles. The summed E-state index contributed by atoms with van der Waals surface area (Å²) in [6.45, 7) is 1.96. The number of esters is 2. The van der Waals surface area contributed by atoms with Gasteiger partial charge in [-0.25, -0.2) is 9.59 Å². The lowest BCUT2D eigenvalue weighted by Crippen LogP contribution is -2.14. The number of carbonyl (C=O) groups excluding carboxylic acids is 3. The Morgan fingerprint density at radius 3 is 2.16 bits per heavy atom. The number of ether oxygens (including phenoxy) is 4. The molecule has 0 aliphatic heterocycles. The first-order valence-corrected chi connectivity index (χ1v) is 12.3. The zero-order chi connectivity index (χ0) is 27.7. The highest BCUT2D eigenvalue weighted by atomic mass is 127. The van der Waals surface area contributed by atoms with Crippen molar-refractivity contribution in [2.75, 3.05) is 26.1 Å². The number of rotatable bonds is 9. The van der Waals surface area contributed by atoms with E-state index in [9.17, 15) is 19.6 Å². The quantitative estimate of drug-likeness (QED) is 0.112. The third-order valence-corrected chi connectivity index (χ3v) is 5.90. The first-order chi connectivity index (χ1) is 18.3. The molecule has 0 heterocycles. The summed E-state index contributed by atoms with van der Waals surface area (Å²) in [5, 5.41) is 12.2. The topological polar surface area (TPSA) is 124 Å². The van der Waals surface area contributed by atoms with Gasteiger partial charge in [0.15, 0.2) is 11.5 Å². The van der Waals surface area contributed by atoms with E-state index in [0.29, 0.717) is 31.7 Å². The second-order valence-corrected chi connectivity index (χ2v) is 8.74. The van der Waals surface area contributed by atoms with Crippen LogP contribution in [0.25, 0.3) is 6.08 Å². The lowest BCUT2D eigenvalue weighted by atomic mass is 10.1. The first-order valence-electron chi connectivity index (χ1n) is 11.2. The van der Waals surface area contributed by atoms with Crippen LogP contribution in [0.1, 0.15) is 33.2 Å². The molecule has 194 valence electrons. The van der Waals surface area contributed by atoms with Gasteiger partial charge in [-0.3, -0.25) is 4.79 Å². The van der Waals surface area contributed by atoms with Gasteiger partial charge in [-0.05, 0) is 102 Å². The molecule has 0 aromatic heterocycles. The molecule has 0 spiro atoms. The minimum absolute atomic E-state index is 0.166. The van der Waals surface area contributed by atoms with Gasteiger partial charge in [0, 0.05) is 5.69 Å². The smallest absolute Gasteiger partial charge is 0.343 e. The van der Waals surface area contributed by atoms with Gasteiger partial charge in [0.1, 0.15) is 17.4 Å². The standard InChI is InChI=1S/C28H23IN2O7/c1-4-37-27(33)18-5-9-21(10-6-18)31-26(32)20(16-30)13-17-14-23(29)25(24(15-17)36-3)38-28(34)19-7-11-22(35-2)12-8-19/h5-15H,4H2,1-3H3,(H,31,32)/b20-13+. The minimum atomic E-state index is -0.639. The van der Waals surface area contributed by atoms with Crippen LogP contribution in [0, 0.1) is 14.9 Å². The van der Waals surface area contributed by atoms with Crippen molar-refractivity contribution >= 4 is 52.2 Å². The highest BCUT2D eigenvalue weighted by molar-refractivity contribution is 14.1. The SMILES string of the molecule is CCOC(=O)c1ccc(NC(=O)/C(C#N)=C/c2cc(I)c(OC(=O)c3ccc(OC)cc3)c(OC)c2)cc1. The van der Waals surface area contributed by atoms with E-state index in [4.69, 9.17) is 18.9 Å². The van der Waals surface area contributed by atoms with E-state index in [1.54, 1.807) is 43.3 Å². The molecule has 9 nitrogen and oxygen atoms in total. The van der Waals surface area contributed by atoms with E-state index in [0.717, 1.165) is 0 Å². The molecule has 0 fully saturated rings. The van der Waals surface area contributed by atoms with E-state index in [2.05, 4.69) is 5.32 Å². The zero-order valence-corrected chi connectivity index (χ0v) is 22.9. The molecular formula is C28H23IN2O7. The van der Waals surface area contributed by atoms with Crippen LogP contribution in [0.4, 0.5) is 5.69 Å². The van der Waals surface area contributed by atoms with Gasteiger partial charge in [-0.15, -0.1) is 0 Å². The summed E-state index contributed by atoms with van der Waals surface area (Å²) in [4.78, 5) is 37.2. The van der Waals surface area contributed by atoms with Crippen molar-refractivity contribution in [3.63, 3.8) is 0 Å². The van der Waals surface area contributed by atoms with Gasteiger partial charge in [-0.1, -0.05) is 0 Å². The average molecular weight is 626 g/mol. The normalized spacial score (nSPS) is 10.7. The highest BCUT2D eigenvalue weighted by Gasteiger charge is 2.18. The van der Waals surface area contributed by atoms with Crippen LogP contribution in [0.3, 0.4) is 0 Å². The third kappa shape index (κ3) is 7.10. The molecule has 0 aliphatic rings. The fourth-order valence-corrected chi connectivity index (χ4v) is 3.95. The maximum absolute atomic E-state index is 12.7. The summed E-state index contributed by atoms with van der Waals surface area (Å²) in [5.41, 5.74) is 1.39. The zero-order valence-electron chi connectivity index (χ0n) is 20.7. The van der Waals surface area contributed by atoms with Gasteiger partial charge >= 0.3 is 11.9 Å². The van der Waals surface area contributed by atoms with Gasteiger partial charge in [0.2, 0.25) is 0 Å². The number of halogens is 1. The molecule has 0 radical (unpaired) electrons. The summed E-state index contributed by atoms with van der Waals surface area (Å²) in [7, 11) is 2.95. The fraction of sp³-hybridized carbons (Fsp3) is 0.143. The van der Waals surface area contributed by atoms with Crippen LogP contribution in [-0.2, 0) is 9.53 Å². The van der Waals surface area contributed by atoms with Crippen LogP contribution in [-0.4, -0.2) is 38.7 Å². The number of benzene rings is 3. The summed E-state index contributed by atoms with van der Waals surface area (Å²) in [5.74, 6) is -0.632. The number of carbonyl (C=O) groups is 3. The summed E-state index contributed by atoms with van der Waals surface area (Å²) < 4.78 is 21.5. The highest BCUT2D eigenvalue weighted by Crippen LogP contribution is 2.35. The van der Waals surface area contributed by atoms with E-state index in [1.165, 1.54) is 44.6 Å². The number of amides is 1. The van der Waals surface area contributed by atoms with Gasteiger partial charge in [0.05, 0.1) is 35.5 Å². The van der Waals surface area contributed by atoms with Crippen LogP contribution in [0.2, 0.25) is 0 Å². The second-order valence-electron chi connectivity index (χ2n) is 7.57. The fourth-order valence-electron chi connectivity index (χ4n) is 3.22. The van der Waals surface area contributed by atoms with Gasteiger partial charge < -0.3 is 24.3 Å². The average Bonchev–Trinajstić information content (AvgIpc) is 2.93. The molecule has 38 heavy (non-hydrogen) atoms. The second kappa shape index (κ2) is 13.3. The monoisotopic (exact) mass is 626 g/mol. The maximum atomic E-state index is 12.7.